The number of hydrogen-bond donors (Lipinski definition) is 1. The molecule has 3 rings (SSSR count). The Morgan fingerprint density at radius 2 is 2.05 bits per heavy atom. The highest BCUT2D eigenvalue weighted by Crippen LogP contribution is 2.37. The molecular weight excluding hydrogens is 272 g/mol. The summed E-state index contributed by atoms with van der Waals surface area (Å²) in [4.78, 5) is 2.57. The topological polar surface area (TPSA) is 20.2 Å². The molecule has 1 aliphatic heterocycles. The molecule has 1 unspecified atom stereocenters. The Morgan fingerprint density at radius 3 is 2.79 bits per heavy atom. The molecule has 0 saturated carbocycles. The van der Waals surface area contributed by atoms with Crippen LogP contribution in [-0.4, -0.2) is 10.9 Å². The lowest BCUT2D eigenvalue weighted by Gasteiger charge is -2.12. The van der Waals surface area contributed by atoms with Gasteiger partial charge in [0.2, 0.25) is 0 Å². The van der Waals surface area contributed by atoms with Gasteiger partial charge in [0.25, 0.3) is 0 Å². The Balaban J connectivity index is 1.94. The predicted octanol–water partition coefficient (Wildman–Crippen LogP) is 4.24. The van der Waals surface area contributed by atoms with Crippen LogP contribution in [0.4, 0.5) is 0 Å². The summed E-state index contributed by atoms with van der Waals surface area (Å²) in [7, 11) is 0. The number of thioether (sulfide) groups is 1. The maximum absolute atomic E-state index is 10.6. The lowest BCUT2D eigenvalue weighted by Crippen LogP contribution is -2.00. The fourth-order valence-electron chi connectivity index (χ4n) is 2.59. The highest BCUT2D eigenvalue weighted by Gasteiger charge is 2.20. The van der Waals surface area contributed by atoms with E-state index in [-0.39, 0.29) is 0 Å². The summed E-state index contributed by atoms with van der Waals surface area (Å²) >= 11 is 3.78. The van der Waals surface area contributed by atoms with Crippen LogP contribution in [-0.2, 0) is 12.2 Å². The first-order chi connectivity index (χ1) is 9.15. The minimum Gasteiger partial charge on any atom is -0.383 e. The molecule has 1 aliphatic rings. The summed E-state index contributed by atoms with van der Waals surface area (Å²) in [6, 6.07) is 8.48. The molecule has 19 heavy (non-hydrogen) atoms. The van der Waals surface area contributed by atoms with E-state index in [2.05, 4.69) is 38.1 Å². The fraction of sp³-hybridized carbons (Fsp3) is 0.375. The van der Waals surface area contributed by atoms with E-state index in [9.17, 15) is 5.11 Å². The minimum absolute atomic E-state index is 0.471. The third-order valence-corrected chi connectivity index (χ3v) is 5.93. The van der Waals surface area contributed by atoms with Crippen molar-refractivity contribution in [1.29, 1.82) is 0 Å². The molecule has 2 heterocycles. The van der Waals surface area contributed by atoms with E-state index in [0.717, 1.165) is 22.6 Å². The quantitative estimate of drug-likeness (QED) is 0.893. The molecule has 2 aromatic rings. The average Bonchev–Trinajstić information content (AvgIpc) is 2.81. The molecule has 0 fully saturated rings. The molecule has 0 amide bonds. The molecule has 0 spiro atoms. The van der Waals surface area contributed by atoms with E-state index >= 15 is 0 Å². The van der Waals surface area contributed by atoms with Crippen LogP contribution in [0, 0.1) is 13.8 Å². The van der Waals surface area contributed by atoms with Gasteiger partial charge < -0.3 is 5.11 Å². The summed E-state index contributed by atoms with van der Waals surface area (Å²) in [5, 5.41) is 10.6. The third kappa shape index (κ3) is 2.60. The van der Waals surface area contributed by atoms with Gasteiger partial charge in [0.15, 0.2) is 0 Å². The first kappa shape index (κ1) is 13.2. The maximum Gasteiger partial charge on any atom is 0.113 e. The van der Waals surface area contributed by atoms with Gasteiger partial charge in [0, 0.05) is 15.5 Å². The Hall–Kier alpha value is -0.770. The molecular formula is C16H18OS2. The summed E-state index contributed by atoms with van der Waals surface area (Å²) in [6.45, 7) is 4.17. The van der Waals surface area contributed by atoms with Crippen LogP contribution in [0.3, 0.4) is 0 Å². The molecule has 0 radical (unpaired) electrons. The summed E-state index contributed by atoms with van der Waals surface area (Å²) in [5.41, 5.74) is 4.89. The van der Waals surface area contributed by atoms with E-state index < -0.39 is 6.10 Å². The van der Waals surface area contributed by atoms with Crippen LogP contribution < -0.4 is 0 Å². The van der Waals surface area contributed by atoms with Gasteiger partial charge in [-0.2, -0.15) is 11.8 Å². The molecule has 1 N–H and O–H groups in total. The highest BCUT2D eigenvalue weighted by molar-refractivity contribution is 7.98. The van der Waals surface area contributed by atoms with Gasteiger partial charge in [0.05, 0.1) is 0 Å². The highest BCUT2D eigenvalue weighted by atomic mass is 32.2. The lowest BCUT2D eigenvalue weighted by molar-refractivity contribution is 0.223. The van der Waals surface area contributed by atoms with Crippen LogP contribution in [0.5, 0.6) is 0 Å². The number of aryl methyl sites for hydroxylation is 3. The normalized spacial score (nSPS) is 16.2. The van der Waals surface area contributed by atoms with Crippen LogP contribution in [0.25, 0.3) is 0 Å². The molecule has 1 atom stereocenters. The van der Waals surface area contributed by atoms with Crippen LogP contribution in [0.15, 0.2) is 24.3 Å². The molecule has 100 valence electrons. The van der Waals surface area contributed by atoms with Crippen LogP contribution in [0.1, 0.15) is 38.1 Å². The summed E-state index contributed by atoms with van der Waals surface area (Å²) < 4.78 is 0. The van der Waals surface area contributed by atoms with Crippen molar-refractivity contribution in [1.82, 2.24) is 0 Å². The van der Waals surface area contributed by atoms with Crippen molar-refractivity contribution in [2.75, 3.05) is 5.75 Å². The lowest BCUT2D eigenvalue weighted by atomic mass is 10.00. The second-order valence-corrected chi connectivity index (χ2v) is 7.44. The molecule has 3 heteroatoms. The van der Waals surface area contributed by atoms with E-state index in [0.29, 0.717) is 0 Å². The number of rotatable bonds is 2. The van der Waals surface area contributed by atoms with Gasteiger partial charge in [-0.05, 0) is 48.8 Å². The summed E-state index contributed by atoms with van der Waals surface area (Å²) in [6.07, 6.45) is 0.686. The van der Waals surface area contributed by atoms with E-state index in [4.69, 9.17) is 0 Å². The van der Waals surface area contributed by atoms with Gasteiger partial charge in [-0.25, -0.2) is 0 Å². The van der Waals surface area contributed by atoms with Crippen molar-refractivity contribution in [3.63, 3.8) is 0 Å². The van der Waals surface area contributed by atoms with Gasteiger partial charge in [-0.1, -0.05) is 23.8 Å². The SMILES string of the molecule is Cc1ccc(C(O)c2cc3c(s2)CCSC3)c(C)c1. The largest absolute Gasteiger partial charge is 0.383 e. The Morgan fingerprint density at radius 1 is 1.21 bits per heavy atom. The molecule has 0 bridgehead atoms. The Bertz CT molecular complexity index is 577. The van der Waals surface area contributed by atoms with Gasteiger partial charge >= 0.3 is 0 Å². The number of benzene rings is 1. The van der Waals surface area contributed by atoms with Crippen LogP contribution in [0.2, 0.25) is 0 Å². The minimum atomic E-state index is -0.471. The van der Waals surface area contributed by atoms with Gasteiger partial charge in [0.1, 0.15) is 6.10 Å². The molecule has 0 saturated heterocycles. The van der Waals surface area contributed by atoms with E-state index in [1.54, 1.807) is 11.3 Å². The zero-order chi connectivity index (χ0) is 13.4. The smallest absolute Gasteiger partial charge is 0.113 e. The Labute approximate surface area is 122 Å². The zero-order valence-electron chi connectivity index (χ0n) is 11.3. The van der Waals surface area contributed by atoms with Crippen molar-refractivity contribution >= 4 is 23.1 Å². The molecule has 0 aliphatic carbocycles. The summed E-state index contributed by atoms with van der Waals surface area (Å²) in [5.74, 6) is 2.32. The second-order valence-electron chi connectivity index (χ2n) is 5.16. The van der Waals surface area contributed by atoms with Gasteiger partial charge in [-0.15, -0.1) is 11.3 Å². The van der Waals surface area contributed by atoms with Crippen LogP contribution >= 0.6 is 23.1 Å². The number of thiophene rings is 1. The van der Waals surface area contributed by atoms with Crippen molar-refractivity contribution in [3.05, 3.63) is 56.3 Å². The first-order valence-electron chi connectivity index (χ1n) is 6.59. The zero-order valence-corrected chi connectivity index (χ0v) is 12.9. The molecule has 1 aromatic heterocycles. The third-order valence-electron chi connectivity index (χ3n) is 3.64. The molecule has 1 aromatic carbocycles. The Kier molecular flexibility index (Phi) is 3.70. The van der Waals surface area contributed by atoms with E-state index in [1.807, 2.05) is 11.8 Å². The van der Waals surface area contributed by atoms with Crippen molar-refractivity contribution in [2.24, 2.45) is 0 Å². The van der Waals surface area contributed by atoms with Crippen molar-refractivity contribution in [2.45, 2.75) is 32.1 Å². The number of hydrogen-bond acceptors (Lipinski definition) is 3. The standard InChI is InChI=1S/C16H18OS2/c1-10-3-4-13(11(2)7-10)16(17)15-8-12-9-18-6-5-14(12)19-15/h3-4,7-8,16-17H,5-6,9H2,1-2H3. The molecule has 1 nitrogen and oxygen atoms in total. The monoisotopic (exact) mass is 290 g/mol. The fourth-order valence-corrected chi connectivity index (χ4v) is 4.97. The predicted molar refractivity (Wildman–Crippen MR) is 84.2 cm³/mol. The average molecular weight is 290 g/mol. The number of aliphatic hydroxyl groups excluding tert-OH is 1. The first-order valence-corrected chi connectivity index (χ1v) is 8.56. The van der Waals surface area contributed by atoms with Crippen molar-refractivity contribution in [3.8, 4) is 0 Å². The van der Waals surface area contributed by atoms with Crippen molar-refractivity contribution < 1.29 is 5.11 Å². The van der Waals surface area contributed by atoms with Gasteiger partial charge in [-0.3, -0.25) is 0 Å². The van der Waals surface area contributed by atoms with E-state index in [1.165, 1.54) is 27.3 Å². The second kappa shape index (κ2) is 5.31. The maximum atomic E-state index is 10.6. The number of aliphatic hydroxyl groups is 1. The number of fused-ring (bicyclic) bond motifs is 1.